The predicted molar refractivity (Wildman–Crippen MR) is 135 cm³/mol. The summed E-state index contributed by atoms with van der Waals surface area (Å²) < 4.78 is 6.85. The summed E-state index contributed by atoms with van der Waals surface area (Å²) in [5, 5.41) is 21.5. The molecule has 2 aromatic rings. The molecule has 184 valence electrons. The standard InChI is InChI=1S/C25H35N3O5Si/c1-25(2,3)34(4,5)33-23(18-9-7-6-8-10-18)21-14-12-19(27(21)24(29)30)15-17-11-13-20(26)22(16-17)28(31)32/h6-11,13,16,19,21,23H,12,14-15,26H2,1-5H3,(H,29,30)/t19-,21+,23+/m0/s1. The lowest BCUT2D eigenvalue weighted by Crippen LogP contribution is -2.49. The Kier molecular flexibility index (Phi) is 7.37. The Morgan fingerprint density at radius 3 is 2.44 bits per heavy atom. The van der Waals surface area contributed by atoms with Crippen LogP contribution in [0.5, 0.6) is 0 Å². The van der Waals surface area contributed by atoms with Crippen molar-refractivity contribution in [3.63, 3.8) is 0 Å². The van der Waals surface area contributed by atoms with Crippen LogP contribution in [0.1, 0.15) is 50.8 Å². The van der Waals surface area contributed by atoms with Crippen molar-refractivity contribution in [2.24, 2.45) is 0 Å². The Morgan fingerprint density at radius 1 is 1.24 bits per heavy atom. The fourth-order valence-corrected chi connectivity index (χ4v) is 5.64. The van der Waals surface area contributed by atoms with Crippen molar-refractivity contribution in [2.45, 2.75) is 76.4 Å². The minimum atomic E-state index is -2.21. The summed E-state index contributed by atoms with van der Waals surface area (Å²) in [5.41, 5.74) is 7.34. The van der Waals surface area contributed by atoms with E-state index in [0.29, 0.717) is 24.8 Å². The van der Waals surface area contributed by atoms with Crippen molar-refractivity contribution < 1.29 is 19.3 Å². The van der Waals surface area contributed by atoms with Crippen molar-refractivity contribution in [2.75, 3.05) is 5.73 Å². The van der Waals surface area contributed by atoms with Gasteiger partial charge >= 0.3 is 6.09 Å². The van der Waals surface area contributed by atoms with E-state index in [2.05, 4.69) is 33.9 Å². The number of nitrogen functional groups attached to an aromatic ring is 1. The Hall–Kier alpha value is -2.91. The van der Waals surface area contributed by atoms with Gasteiger partial charge in [0, 0.05) is 12.1 Å². The molecular formula is C25H35N3O5Si. The van der Waals surface area contributed by atoms with Gasteiger partial charge in [-0.2, -0.15) is 0 Å². The van der Waals surface area contributed by atoms with Gasteiger partial charge in [0.2, 0.25) is 0 Å². The van der Waals surface area contributed by atoms with Crippen molar-refractivity contribution in [3.05, 3.63) is 69.8 Å². The number of likely N-dealkylation sites (tertiary alicyclic amines) is 1. The number of hydrogen-bond donors (Lipinski definition) is 2. The van der Waals surface area contributed by atoms with E-state index < -0.39 is 19.3 Å². The number of anilines is 1. The van der Waals surface area contributed by atoms with Crippen LogP contribution in [-0.2, 0) is 10.8 Å². The molecule has 1 heterocycles. The molecule has 0 radical (unpaired) electrons. The summed E-state index contributed by atoms with van der Waals surface area (Å²) in [6, 6.07) is 13.9. The third-order valence-electron chi connectivity index (χ3n) is 7.24. The molecule has 0 bridgehead atoms. The molecule has 9 heteroatoms. The van der Waals surface area contributed by atoms with Gasteiger partial charge in [0.1, 0.15) is 5.69 Å². The summed E-state index contributed by atoms with van der Waals surface area (Å²) in [4.78, 5) is 24.8. The highest BCUT2D eigenvalue weighted by molar-refractivity contribution is 6.74. The first-order valence-corrected chi connectivity index (χ1v) is 14.5. The average molecular weight is 486 g/mol. The van der Waals surface area contributed by atoms with Gasteiger partial charge in [-0.05, 0) is 54.6 Å². The van der Waals surface area contributed by atoms with E-state index in [-0.39, 0.29) is 34.6 Å². The van der Waals surface area contributed by atoms with E-state index in [4.69, 9.17) is 10.2 Å². The minimum Gasteiger partial charge on any atom is -0.465 e. The van der Waals surface area contributed by atoms with Gasteiger partial charge in [-0.25, -0.2) is 4.79 Å². The van der Waals surface area contributed by atoms with Crippen LogP contribution in [0.15, 0.2) is 48.5 Å². The fraction of sp³-hybridized carbons (Fsp3) is 0.480. The van der Waals surface area contributed by atoms with Gasteiger partial charge in [-0.1, -0.05) is 57.2 Å². The molecule has 0 unspecified atom stereocenters. The summed E-state index contributed by atoms with van der Waals surface area (Å²) in [5.74, 6) is 0. The van der Waals surface area contributed by atoms with E-state index in [1.54, 1.807) is 6.07 Å². The molecular weight excluding hydrogens is 450 g/mol. The van der Waals surface area contributed by atoms with Gasteiger partial charge in [-0.15, -0.1) is 0 Å². The van der Waals surface area contributed by atoms with Crippen LogP contribution in [0.3, 0.4) is 0 Å². The maximum atomic E-state index is 12.5. The van der Waals surface area contributed by atoms with Gasteiger partial charge in [0.25, 0.3) is 5.69 Å². The van der Waals surface area contributed by atoms with E-state index in [0.717, 1.165) is 5.56 Å². The molecule has 3 atom stereocenters. The van der Waals surface area contributed by atoms with E-state index in [1.165, 1.54) is 17.0 Å². The topological polar surface area (TPSA) is 119 Å². The Balaban J connectivity index is 1.94. The lowest BCUT2D eigenvalue weighted by atomic mass is 10.0. The predicted octanol–water partition coefficient (Wildman–Crippen LogP) is 5.99. The van der Waals surface area contributed by atoms with E-state index >= 15 is 0 Å². The number of nitro groups is 1. The zero-order chi connectivity index (χ0) is 25.3. The zero-order valence-electron chi connectivity index (χ0n) is 20.5. The molecule has 3 N–H and O–H groups in total. The molecule has 1 amide bonds. The van der Waals surface area contributed by atoms with Crippen LogP contribution in [0.4, 0.5) is 16.2 Å². The quantitative estimate of drug-likeness (QED) is 0.215. The van der Waals surface area contributed by atoms with Crippen LogP contribution in [-0.4, -0.2) is 41.4 Å². The van der Waals surface area contributed by atoms with Crippen molar-refractivity contribution >= 4 is 25.8 Å². The zero-order valence-corrected chi connectivity index (χ0v) is 21.5. The van der Waals surface area contributed by atoms with Crippen LogP contribution < -0.4 is 5.73 Å². The minimum absolute atomic E-state index is 0.0327. The molecule has 2 aromatic carbocycles. The SMILES string of the molecule is CC(C)(C)[Si](C)(C)O[C@H](c1ccccc1)[C@H]1CC[C@@H](Cc2ccc(N)c([N+](=O)[O-])c2)N1C(=O)O. The number of nitrogens with zero attached hydrogens (tertiary/aromatic N) is 2. The molecule has 1 saturated heterocycles. The number of carbonyl (C=O) groups is 1. The lowest BCUT2D eigenvalue weighted by molar-refractivity contribution is -0.384. The molecule has 34 heavy (non-hydrogen) atoms. The maximum Gasteiger partial charge on any atom is 0.407 e. The second-order valence-electron chi connectivity index (χ2n) is 10.6. The number of amides is 1. The van der Waals surface area contributed by atoms with Crippen molar-refractivity contribution in [3.8, 4) is 0 Å². The smallest absolute Gasteiger partial charge is 0.407 e. The van der Waals surface area contributed by atoms with Crippen LogP contribution in [0.25, 0.3) is 0 Å². The second kappa shape index (κ2) is 9.75. The summed E-state index contributed by atoms with van der Waals surface area (Å²) in [7, 11) is -2.21. The molecule has 0 spiro atoms. The highest BCUT2D eigenvalue weighted by Gasteiger charge is 2.46. The molecule has 1 aliphatic heterocycles. The Morgan fingerprint density at radius 2 is 1.88 bits per heavy atom. The normalized spacial score (nSPS) is 19.7. The number of carboxylic acid groups (broad SMARTS) is 1. The third-order valence-corrected chi connectivity index (χ3v) is 11.7. The number of nitrogens with two attached hydrogens (primary N) is 1. The summed E-state index contributed by atoms with van der Waals surface area (Å²) >= 11 is 0. The second-order valence-corrected chi connectivity index (χ2v) is 15.3. The number of benzene rings is 2. The lowest BCUT2D eigenvalue weighted by Gasteiger charge is -2.42. The van der Waals surface area contributed by atoms with Gasteiger partial charge in [0.15, 0.2) is 8.32 Å². The first-order valence-electron chi connectivity index (χ1n) is 11.6. The van der Waals surface area contributed by atoms with Gasteiger partial charge < -0.3 is 15.3 Å². The highest BCUT2D eigenvalue weighted by Crippen LogP contribution is 2.44. The number of nitro benzene ring substituents is 1. The first kappa shape index (κ1) is 25.7. The van der Waals surface area contributed by atoms with Crippen molar-refractivity contribution in [1.29, 1.82) is 0 Å². The molecule has 3 rings (SSSR count). The van der Waals surface area contributed by atoms with Crippen LogP contribution in [0, 0.1) is 10.1 Å². The van der Waals surface area contributed by atoms with Crippen LogP contribution >= 0.6 is 0 Å². The van der Waals surface area contributed by atoms with Gasteiger partial charge in [0.05, 0.1) is 17.1 Å². The molecule has 0 aromatic heterocycles. The molecule has 0 saturated carbocycles. The average Bonchev–Trinajstić information content (AvgIpc) is 3.16. The number of hydrogen-bond acceptors (Lipinski definition) is 5. The van der Waals surface area contributed by atoms with Crippen LogP contribution in [0.2, 0.25) is 18.1 Å². The van der Waals surface area contributed by atoms with E-state index in [9.17, 15) is 20.0 Å². The molecule has 8 nitrogen and oxygen atoms in total. The monoisotopic (exact) mass is 485 g/mol. The van der Waals surface area contributed by atoms with Crippen molar-refractivity contribution in [1.82, 2.24) is 4.90 Å². The largest absolute Gasteiger partial charge is 0.465 e. The first-order chi connectivity index (χ1) is 15.8. The number of rotatable bonds is 7. The Labute approximate surface area is 202 Å². The molecule has 1 fully saturated rings. The summed E-state index contributed by atoms with van der Waals surface area (Å²) in [6.45, 7) is 10.9. The summed E-state index contributed by atoms with van der Waals surface area (Å²) in [6.07, 6.45) is 0.300. The third kappa shape index (κ3) is 5.42. The highest BCUT2D eigenvalue weighted by atomic mass is 28.4. The fourth-order valence-electron chi connectivity index (χ4n) is 4.36. The maximum absolute atomic E-state index is 12.5. The molecule has 0 aliphatic carbocycles. The van der Waals surface area contributed by atoms with Gasteiger partial charge in [-0.3, -0.25) is 15.0 Å². The van der Waals surface area contributed by atoms with E-state index in [1.807, 2.05) is 30.3 Å². The Bertz CT molecular complexity index is 1040. The molecule has 1 aliphatic rings.